The van der Waals surface area contributed by atoms with Crippen molar-refractivity contribution >= 4 is 21.8 Å². The minimum Gasteiger partial charge on any atom is -0.493 e. The van der Waals surface area contributed by atoms with Gasteiger partial charge in [0.25, 0.3) is 0 Å². The van der Waals surface area contributed by atoms with E-state index >= 15 is 0 Å². The van der Waals surface area contributed by atoms with E-state index in [1.54, 1.807) is 14.2 Å². The normalized spacial score (nSPS) is 24.9. The van der Waals surface area contributed by atoms with Crippen LogP contribution in [0.25, 0.3) is 0 Å². The van der Waals surface area contributed by atoms with Gasteiger partial charge in [0, 0.05) is 17.4 Å². The Morgan fingerprint density at radius 3 is 2.58 bits per heavy atom. The van der Waals surface area contributed by atoms with Crippen molar-refractivity contribution in [3.63, 3.8) is 0 Å². The van der Waals surface area contributed by atoms with Crippen molar-refractivity contribution in [3.8, 4) is 11.5 Å². The monoisotopic (exact) mass is 395 g/mol. The van der Waals surface area contributed by atoms with Gasteiger partial charge in [0.05, 0.1) is 14.2 Å². The fourth-order valence-corrected chi connectivity index (χ4v) is 4.88. The molecule has 4 nitrogen and oxygen atoms in total. The summed E-state index contributed by atoms with van der Waals surface area (Å²) < 4.78 is 11.6. The lowest BCUT2D eigenvalue weighted by atomic mass is 9.86. The Morgan fingerprint density at radius 2 is 1.96 bits per heavy atom. The molecule has 2 aliphatic rings. The smallest absolute Gasteiger partial charge is 0.220 e. The van der Waals surface area contributed by atoms with E-state index < -0.39 is 0 Å². The molecule has 2 fully saturated rings. The molecular weight excluding hydrogens is 370 g/mol. The van der Waals surface area contributed by atoms with Crippen LogP contribution in [-0.2, 0) is 11.2 Å². The molecule has 3 atom stereocenters. The Morgan fingerprint density at radius 1 is 1.21 bits per heavy atom. The molecular formula is C19H26BrNO3. The molecule has 24 heavy (non-hydrogen) atoms. The van der Waals surface area contributed by atoms with Gasteiger partial charge >= 0.3 is 0 Å². The Bertz CT molecular complexity index is 605. The van der Waals surface area contributed by atoms with E-state index in [1.165, 1.54) is 25.7 Å². The number of carbonyl (C=O) groups is 1. The summed E-state index contributed by atoms with van der Waals surface area (Å²) in [7, 11) is 3.26. The molecule has 0 aromatic heterocycles. The van der Waals surface area contributed by atoms with E-state index in [-0.39, 0.29) is 5.91 Å². The summed E-state index contributed by atoms with van der Waals surface area (Å²) in [5, 5.41) is 3.08. The zero-order valence-corrected chi connectivity index (χ0v) is 16.0. The van der Waals surface area contributed by atoms with E-state index in [2.05, 4.69) is 21.2 Å². The van der Waals surface area contributed by atoms with Gasteiger partial charge in [-0.15, -0.1) is 0 Å². The second-order valence-electron chi connectivity index (χ2n) is 7.04. The number of hydrogen-bond acceptors (Lipinski definition) is 3. The van der Waals surface area contributed by atoms with Gasteiger partial charge in [0.2, 0.25) is 5.91 Å². The molecule has 3 rings (SSSR count). The van der Waals surface area contributed by atoms with E-state index in [4.69, 9.17) is 9.47 Å². The molecule has 1 amide bonds. The molecule has 2 bridgehead atoms. The number of benzene rings is 1. The highest BCUT2D eigenvalue weighted by Gasteiger charge is 2.39. The second-order valence-corrected chi connectivity index (χ2v) is 7.89. The molecule has 5 heteroatoms. The van der Waals surface area contributed by atoms with Crippen LogP contribution in [0.1, 0.15) is 37.7 Å². The van der Waals surface area contributed by atoms with Crippen LogP contribution in [0.5, 0.6) is 11.5 Å². The van der Waals surface area contributed by atoms with E-state index in [9.17, 15) is 4.79 Å². The number of ether oxygens (including phenoxy) is 2. The van der Waals surface area contributed by atoms with Crippen molar-refractivity contribution in [1.82, 2.24) is 5.32 Å². The zero-order valence-electron chi connectivity index (χ0n) is 14.4. The number of rotatable bonds is 7. The number of amides is 1. The highest BCUT2D eigenvalue weighted by molar-refractivity contribution is 9.10. The molecule has 0 saturated heterocycles. The van der Waals surface area contributed by atoms with Gasteiger partial charge in [-0.1, -0.05) is 22.4 Å². The van der Waals surface area contributed by atoms with Gasteiger partial charge in [-0.3, -0.25) is 4.79 Å². The molecule has 2 aliphatic carbocycles. The third-order valence-corrected chi connectivity index (χ3v) is 6.34. The van der Waals surface area contributed by atoms with Crippen LogP contribution in [0, 0.1) is 17.8 Å². The highest BCUT2D eigenvalue weighted by atomic mass is 79.9. The van der Waals surface area contributed by atoms with Crippen LogP contribution < -0.4 is 14.8 Å². The molecule has 132 valence electrons. The van der Waals surface area contributed by atoms with Crippen LogP contribution in [0.2, 0.25) is 0 Å². The van der Waals surface area contributed by atoms with Gasteiger partial charge in [-0.05, 0) is 61.1 Å². The number of hydrogen-bond donors (Lipinski definition) is 1. The first-order valence-corrected chi connectivity index (χ1v) is 9.57. The van der Waals surface area contributed by atoms with E-state index in [0.717, 1.165) is 28.3 Å². The molecule has 2 saturated carbocycles. The van der Waals surface area contributed by atoms with E-state index in [0.29, 0.717) is 30.4 Å². The molecule has 1 aromatic carbocycles. The summed E-state index contributed by atoms with van der Waals surface area (Å²) in [6.07, 6.45) is 6.81. The third kappa shape index (κ3) is 3.88. The second kappa shape index (κ2) is 7.77. The average Bonchev–Trinajstić information content (AvgIpc) is 3.18. The van der Waals surface area contributed by atoms with Gasteiger partial charge in [-0.25, -0.2) is 0 Å². The van der Waals surface area contributed by atoms with Crippen LogP contribution in [-0.4, -0.2) is 26.7 Å². The Hall–Kier alpha value is -1.23. The first kappa shape index (κ1) is 17.6. The predicted octanol–water partition coefficient (Wildman–Crippen LogP) is 3.95. The standard InChI is InChI=1S/C19H26BrNO3/c1-23-17-9-14(16(20)11-18(17)24-2)5-6-21-19(22)10-15-8-12-3-4-13(15)7-12/h9,11-13,15H,3-8,10H2,1-2H3,(H,21,22)/t12-,13-,15+/m0/s1. The fourth-order valence-electron chi connectivity index (χ4n) is 4.36. The Labute approximate surface area is 152 Å². The molecule has 0 aliphatic heterocycles. The van der Waals surface area contributed by atoms with Gasteiger partial charge in [0.15, 0.2) is 11.5 Å². The molecule has 0 heterocycles. The minimum atomic E-state index is 0.198. The summed E-state index contributed by atoms with van der Waals surface area (Å²) in [6.45, 7) is 0.647. The Balaban J connectivity index is 1.48. The van der Waals surface area contributed by atoms with Crippen LogP contribution >= 0.6 is 15.9 Å². The first-order valence-electron chi connectivity index (χ1n) is 8.77. The lowest BCUT2D eigenvalue weighted by Gasteiger charge is -2.21. The molecule has 0 spiro atoms. The van der Waals surface area contributed by atoms with Gasteiger partial charge in [0.1, 0.15) is 0 Å². The van der Waals surface area contributed by atoms with Crippen molar-refractivity contribution < 1.29 is 14.3 Å². The molecule has 1 N–H and O–H groups in total. The lowest BCUT2D eigenvalue weighted by molar-refractivity contribution is -0.122. The highest BCUT2D eigenvalue weighted by Crippen LogP contribution is 2.49. The van der Waals surface area contributed by atoms with Crippen LogP contribution in [0.4, 0.5) is 0 Å². The maximum absolute atomic E-state index is 12.2. The van der Waals surface area contributed by atoms with E-state index in [1.807, 2.05) is 12.1 Å². The summed E-state index contributed by atoms with van der Waals surface area (Å²) in [6, 6.07) is 3.87. The molecule has 0 radical (unpaired) electrons. The molecule has 0 unspecified atom stereocenters. The first-order chi connectivity index (χ1) is 11.6. The molecule has 1 aromatic rings. The summed E-state index contributed by atoms with van der Waals surface area (Å²) in [5.74, 6) is 3.94. The van der Waals surface area contributed by atoms with Crippen molar-refractivity contribution in [2.45, 2.75) is 38.5 Å². The van der Waals surface area contributed by atoms with Crippen LogP contribution in [0.15, 0.2) is 16.6 Å². The average molecular weight is 396 g/mol. The van der Waals surface area contributed by atoms with Crippen LogP contribution in [0.3, 0.4) is 0 Å². The van der Waals surface area contributed by atoms with Crippen molar-refractivity contribution in [2.75, 3.05) is 20.8 Å². The van der Waals surface area contributed by atoms with Gasteiger partial charge < -0.3 is 14.8 Å². The lowest BCUT2D eigenvalue weighted by Crippen LogP contribution is -2.29. The number of fused-ring (bicyclic) bond motifs is 2. The summed E-state index contributed by atoms with van der Waals surface area (Å²) >= 11 is 3.56. The van der Waals surface area contributed by atoms with Crippen molar-refractivity contribution in [2.24, 2.45) is 17.8 Å². The fraction of sp³-hybridized carbons (Fsp3) is 0.632. The maximum Gasteiger partial charge on any atom is 0.220 e. The topological polar surface area (TPSA) is 47.6 Å². The maximum atomic E-state index is 12.2. The predicted molar refractivity (Wildman–Crippen MR) is 97.5 cm³/mol. The largest absolute Gasteiger partial charge is 0.493 e. The Kier molecular flexibility index (Phi) is 5.69. The number of nitrogens with one attached hydrogen (secondary N) is 1. The van der Waals surface area contributed by atoms with Crippen molar-refractivity contribution in [1.29, 1.82) is 0 Å². The zero-order chi connectivity index (χ0) is 17.1. The number of halogens is 1. The van der Waals surface area contributed by atoms with Crippen molar-refractivity contribution in [3.05, 3.63) is 22.2 Å². The number of carbonyl (C=O) groups excluding carboxylic acids is 1. The quantitative estimate of drug-likeness (QED) is 0.759. The third-order valence-electron chi connectivity index (χ3n) is 5.60. The summed E-state index contributed by atoms with van der Waals surface area (Å²) in [5.41, 5.74) is 1.10. The number of methoxy groups -OCH3 is 2. The summed E-state index contributed by atoms with van der Waals surface area (Å²) in [4.78, 5) is 12.2. The van der Waals surface area contributed by atoms with Gasteiger partial charge in [-0.2, -0.15) is 0 Å². The SMILES string of the molecule is COc1cc(Br)c(CCNC(=O)C[C@H]2C[C@H]3CC[C@H]2C3)cc1OC. The minimum absolute atomic E-state index is 0.198.